The van der Waals surface area contributed by atoms with Crippen LogP contribution in [0.1, 0.15) is 110 Å². The van der Waals surface area contributed by atoms with Crippen LogP contribution in [0.5, 0.6) is 0 Å². The van der Waals surface area contributed by atoms with Gasteiger partial charge in [-0.25, -0.2) is 4.57 Å². The van der Waals surface area contributed by atoms with E-state index in [2.05, 4.69) is 49.5 Å². The maximum absolute atomic E-state index is 12.8. The number of allylic oxidation sites excluding steroid dienone is 7. The molecular weight excluding hydrogens is 669 g/mol. The molecule has 0 bridgehead atoms. The third kappa shape index (κ3) is 19.8. The Morgan fingerprint density at radius 1 is 0.700 bits per heavy atom. The Hall–Kier alpha value is -1.74. The Morgan fingerprint density at radius 3 is 1.68 bits per heavy atom. The number of phosphoric acid groups is 1. The third-order valence-electron chi connectivity index (χ3n) is 8.36. The second-order valence-corrected chi connectivity index (χ2v) is 14.3. The second-order valence-electron chi connectivity index (χ2n) is 12.9. The van der Waals surface area contributed by atoms with Gasteiger partial charge in [-0.3, -0.25) is 13.8 Å². The molecule has 1 saturated carbocycles. The van der Waals surface area contributed by atoms with E-state index in [1.54, 1.807) is 6.08 Å². The fourth-order valence-corrected chi connectivity index (χ4v) is 6.20. The molecule has 0 saturated heterocycles. The summed E-state index contributed by atoms with van der Waals surface area (Å²) in [6.07, 6.45) is 14.0. The molecule has 1 aliphatic rings. The highest BCUT2D eigenvalue weighted by atomic mass is 31.2. The molecule has 0 aromatic heterocycles. The molecule has 0 aromatic rings. The Kier molecular flexibility index (Phi) is 24.9. The van der Waals surface area contributed by atoms with E-state index >= 15 is 0 Å². The normalized spacial score (nSPS) is 26.2. The van der Waals surface area contributed by atoms with Crippen molar-refractivity contribution in [2.75, 3.05) is 6.61 Å². The number of amides is 1. The Labute approximate surface area is 298 Å². The third-order valence-corrected chi connectivity index (χ3v) is 9.35. The zero-order chi connectivity index (χ0) is 37.4. The standard InChI is InChI=1S/C36H64NO12P/c1-3-5-7-9-11-13-14-15-16-18-20-22-24-29(39)28(37-30(40)25-27(38)23-21-19-17-12-10-8-6-4-2)26-48-50(46,47)49-36-34(44)32(42)31(41)33(43)35(36)45/h9-12,15-16,22,24,27-29,31-36,38-39,41-45H,3-8,13-14,17-21,23,25-26H2,1-2H3,(H,37,40)(H,46,47)/b11-9+,12-10-,16-15+,24-22+. The Morgan fingerprint density at radius 2 is 1.16 bits per heavy atom. The first kappa shape index (κ1) is 46.3. The lowest BCUT2D eigenvalue weighted by Gasteiger charge is -2.41. The summed E-state index contributed by atoms with van der Waals surface area (Å²) in [6, 6.07) is -1.27. The molecule has 50 heavy (non-hydrogen) atoms. The van der Waals surface area contributed by atoms with Crippen LogP contribution < -0.4 is 5.32 Å². The van der Waals surface area contributed by atoms with E-state index in [0.717, 1.165) is 51.4 Å². The number of aliphatic hydroxyl groups excluding tert-OH is 7. The second kappa shape index (κ2) is 26.9. The maximum atomic E-state index is 12.8. The van der Waals surface area contributed by atoms with Crippen molar-refractivity contribution in [1.29, 1.82) is 0 Å². The molecule has 1 amide bonds. The topological polar surface area (TPSA) is 226 Å². The van der Waals surface area contributed by atoms with E-state index in [1.807, 2.05) is 6.08 Å². The van der Waals surface area contributed by atoms with Crippen LogP contribution in [0.2, 0.25) is 0 Å². The minimum atomic E-state index is -5.14. The van der Waals surface area contributed by atoms with E-state index < -0.39 is 75.2 Å². The molecule has 13 nitrogen and oxygen atoms in total. The summed E-state index contributed by atoms with van der Waals surface area (Å²) in [5.74, 6) is -0.628. The zero-order valence-electron chi connectivity index (χ0n) is 29.8. The fourth-order valence-electron chi connectivity index (χ4n) is 5.24. The number of rotatable bonds is 27. The van der Waals surface area contributed by atoms with Gasteiger partial charge in [-0.1, -0.05) is 94.6 Å². The van der Waals surface area contributed by atoms with Crippen molar-refractivity contribution in [3.05, 3.63) is 48.6 Å². The highest BCUT2D eigenvalue weighted by Crippen LogP contribution is 2.47. The number of phosphoric ester groups is 1. The summed E-state index contributed by atoms with van der Waals surface area (Å²) in [4.78, 5) is 23.1. The number of aliphatic hydroxyl groups is 7. The summed E-state index contributed by atoms with van der Waals surface area (Å²) in [5, 5.41) is 73.7. The van der Waals surface area contributed by atoms with Gasteiger partial charge in [0.1, 0.15) is 36.6 Å². The summed E-state index contributed by atoms with van der Waals surface area (Å²) in [7, 11) is -5.14. The molecule has 9 N–H and O–H groups in total. The summed E-state index contributed by atoms with van der Waals surface area (Å²) >= 11 is 0. The van der Waals surface area contributed by atoms with Gasteiger partial charge >= 0.3 is 7.82 Å². The summed E-state index contributed by atoms with van der Waals surface area (Å²) in [6.45, 7) is 3.53. The van der Waals surface area contributed by atoms with Crippen molar-refractivity contribution in [2.45, 2.75) is 165 Å². The number of unbranched alkanes of at least 4 members (excludes halogenated alkanes) is 8. The lowest BCUT2D eigenvalue weighted by molar-refractivity contribution is -0.220. The maximum Gasteiger partial charge on any atom is 0.472 e. The van der Waals surface area contributed by atoms with E-state index in [1.165, 1.54) is 18.9 Å². The zero-order valence-corrected chi connectivity index (χ0v) is 30.7. The molecule has 0 radical (unpaired) electrons. The van der Waals surface area contributed by atoms with E-state index in [4.69, 9.17) is 9.05 Å². The number of nitrogens with one attached hydrogen (secondary N) is 1. The quantitative estimate of drug-likeness (QED) is 0.0335. The van der Waals surface area contributed by atoms with Crippen molar-refractivity contribution in [1.82, 2.24) is 5.32 Å². The average molecular weight is 734 g/mol. The number of carbonyl (C=O) groups is 1. The van der Waals surface area contributed by atoms with Gasteiger partial charge in [0.15, 0.2) is 0 Å². The van der Waals surface area contributed by atoms with E-state index in [0.29, 0.717) is 25.7 Å². The molecule has 290 valence electrons. The monoisotopic (exact) mass is 733 g/mol. The summed E-state index contributed by atoms with van der Waals surface area (Å²) in [5.41, 5.74) is 0. The predicted molar refractivity (Wildman–Crippen MR) is 192 cm³/mol. The van der Waals surface area contributed by atoms with Crippen LogP contribution in [0.15, 0.2) is 48.6 Å². The molecule has 8 unspecified atom stereocenters. The minimum absolute atomic E-state index is 0.274. The van der Waals surface area contributed by atoms with E-state index in [-0.39, 0.29) is 6.42 Å². The highest BCUT2D eigenvalue weighted by molar-refractivity contribution is 7.47. The molecule has 0 heterocycles. The lowest BCUT2D eigenvalue weighted by Crippen LogP contribution is -2.64. The van der Waals surface area contributed by atoms with E-state index in [9.17, 15) is 50.0 Å². The molecule has 1 rings (SSSR count). The van der Waals surface area contributed by atoms with Crippen molar-refractivity contribution < 1.29 is 59.0 Å². The van der Waals surface area contributed by atoms with Gasteiger partial charge in [0.2, 0.25) is 5.91 Å². The first-order valence-electron chi connectivity index (χ1n) is 18.2. The molecule has 0 aromatic carbocycles. The number of carbonyl (C=O) groups excluding carboxylic acids is 1. The molecule has 1 fully saturated rings. The average Bonchev–Trinajstić information content (AvgIpc) is 3.08. The van der Waals surface area contributed by atoms with Crippen molar-refractivity contribution in [3.8, 4) is 0 Å². The molecule has 0 aliphatic heterocycles. The fraction of sp³-hybridized carbons (Fsp3) is 0.750. The molecule has 0 spiro atoms. The van der Waals surface area contributed by atoms with Gasteiger partial charge in [-0.2, -0.15) is 0 Å². The smallest absolute Gasteiger partial charge is 0.393 e. The van der Waals surface area contributed by atoms with Crippen LogP contribution in [-0.2, 0) is 18.4 Å². The lowest BCUT2D eigenvalue weighted by atomic mass is 9.85. The molecule has 1 aliphatic carbocycles. The Bertz CT molecular complexity index is 1050. The van der Waals surface area contributed by atoms with Crippen LogP contribution in [0.25, 0.3) is 0 Å². The molecular formula is C36H64NO12P. The van der Waals surface area contributed by atoms with Gasteiger partial charge in [0.05, 0.1) is 31.3 Å². The van der Waals surface area contributed by atoms with Crippen molar-refractivity contribution in [3.63, 3.8) is 0 Å². The molecule has 14 heteroatoms. The van der Waals surface area contributed by atoms with Crippen LogP contribution in [-0.4, -0.2) is 108 Å². The van der Waals surface area contributed by atoms with Crippen LogP contribution in [0, 0.1) is 0 Å². The summed E-state index contributed by atoms with van der Waals surface area (Å²) < 4.78 is 22.6. The van der Waals surface area contributed by atoms with Crippen molar-refractivity contribution in [2.24, 2.45) is 0 Å². The largest absolute Gasteiger partial charge is 0.472 e. The van der Waals surface area contributed by atoms with Crippen LogP contribution >= 0.6 is 7.82 Å². The number of hydrogen-bond donors (Lipinski definition) is 9. The van der Waals surface area contributed by atoms with Gasteiger partial charge in [-0.05, 0) is 57.8 Å². The Balaban J connectivity index is 2.77. The first-order valence-corrected chi connectivity index (χ1v) is 19.7. The first-order chi connectivity index (χ1) is 23.8. The van der Waals surface area contributed by atoms with Crippen LogP contribution in [0.3, 0.4) is 0 Å². The SMILES string of the molecule is CCCC/C=C\CCCCC(O)CC(=O)NC(COP(=O)(O)OC1C(O)C(O)C(O)C(O)C1O)C(O)/C=C/CC/C=C/CC/C=C/CCCC. The number of hydrogen-bond acceptors (Lipinski definition) is 11. The van der Waals surface area contributed by atoms with Crippen LogP contribution in [0.4, 0.5) is 0 Å². The van der Waals surface area contributed by atoms with Gasteiger partial charge < -0.3 is 46.0 Å². The van der Waals surface area contributed by atoms with Gasteiger partial charge in [-0.15, -0.1) is 0 Å². The van der Waals surface area contributed by atoms with Crippen molar-refractivity contribution >= 4 is 13.7 Å². The highest BCUT2D eigenvalue weighted by Gasteiger charge is 2.51. The van der Waals surface area contributed by atoms with Gasteiger partial charge in [0.25, 0.3) is 0 Å². The minimum Gasteiger partial charge on any atom is -0.393 e. The predicted octanol–water partition coefficient (Wildman–Crippen LogP) is 3.63. The molecule has 8 atom stereocenters. The van der Waals surface area contributed by atoms with Gasteiger partial charge in [0, 0.05) is 0 Å².